The third kappa shape index (κ3) is 4.96. The summed E-state index contributed by atoms with van der Waals surface area (Å²) in [5.74, 6) is -0.118. The van der Waals surface area contributed by atoms with E-state index in [1.165, 1.54) is 0 Å². The lowest BCUT2D eigenvalue weighted by molar-refractivity contribution is -0.122. The van der Waals surface area contributed by atoms with Crippen LogP contribution in [0.3, 0.4) is 0 Å². The summed E-state index contributed by atoms with van der Waals surface area (Å²) in [6.07, 6.45) is 2.37. The number of nitrogens with one attached hydrogen (secondary N) is 2. The lowest BCUT2D eigenvalue weighted by Crippen LogP contribution is -2.42. The quantitative estimate of drug-likeness (QED) is 0.728. The van der Waals surface area contributed by atoms with Gasteiger partial charge in [0.2, 0.25) is 5.91 Å². The Labute approximate surface area is 169 Å². The van der Waals surface area contributed by atoms with E-state index in [2.05, 4.69) is 25.6 Å². The maximum absolute atomic E-state index is 12.3. The molecule has 152 valence electrons. The molecular weight excluding hydrogens is 376 g/mol. The molecule has 0 aromatic carbocycles. The highest BCUT2D eigenvalue weighted by molar-refractivity contribution is 7.09. The van der Waals surface area contributed by atoms with E-state index >= 15 is 0 Å². The zero-order chi connectivity index (χ0) is 20.3. The number of thiazole rings is 1. The number of likely N-dealkylation sites (N-methyl/N-ethyl adjacent to an activating group) is 1. The number of aromatic nitrogens is 3. The number of likely N-dealkylation sites (tertiary alicyclic amines) is 1. The first-order valence-electron chi connectivity index (χ1n) is 9.52. The maximum Gasteiger partial charge on any atom is 0.271 e. The zero-order valence-corrected chi connectivity index (χ0v) is 17.7. The predicted octanol–water partition coefficient (Wildman–Crippen LogP) is 1.39. The standard InChI is InChI=1S/C19H28N6O2S/c1-12-7-17(23-25(12)4)19(27)21-10-16-6-5-15(24(16)3)8-18(26)20-9-14-11-28-13(2)22-14/h7,11,15-16H,5-6,8-10H2,1-4H3,(H,20,26)(H,21,27)/t15-,16+/m1/s1. The van der Waals surface area contributed by atoms with Gasteiger partial charge in [0.25, 0.3) is 5.91 Å². The van der Waals surface area contributed by atoms with Crippen LogP contribution in [-0.2, 0) is 18.4 Å². The second-order valence-electron chi connectivity index (χ2n) is 7.39. The third-order valence-electron chi connectivity index (χ3n) is 5.38. The van der Waals surface area contributed by atoms with Gasteiger partial charge in [-0.3, -0.25) is 19.2 Å². The predicted molar refractivity (Wildman–Crippen MR) is 108 cm³/mol. The van der Waals surface area contributed by atoms with Crippen LogP contribution in [-0.4, -0.2) is 57.2 Å². The van der Waals surface area contributed by atoms with Gasteiger partial charge in [-0.1, -0.05) is 0 Å². The fourth-order valence-corrected chi connectivity index (χ4v) is 4.13. The number of amides is 2. The summed E-state index contributed by atoms with van der Waals surface area (Å²) >= 11 is 1.59. The molecule has 1 aliphatic rings. The van der Waals surface area contributed by atoms with Gasteiger partial charge in [0.05, 0.1) is 17.2 Å². The van der Waals surface area contributed by atoms with Crippen LogP contribution in [0.1, 0.15) is 46.1 Å². The molecule has 2 atom stereocenters. The van der Waals surface area contributed by atoms with E-state index in [0.717, 1.165) is 29.2 Å². The summed E-state index contributed by atoms with van der Waals surface area (Å²) in [6, 6.07) is 2.20. The number of carbonyl (C=O) groups excluding carboxylic acids is 2. The fourth-order valence-electron chi connectivity index (χ4n) is 3.52. The van der Waals surface area contributed by atoms with Gasteiger partial charge in [-0.05, 0) is 39.8 Å². The molecule has 2 N–H and O–H groups in total. The molecule has 0 bridgehead atoms. The van der Waals surface area contributed by atoms with Crippen LogP contribution in [0.4, 0.5) is 0 Å². The third-order valence-corrected chi connectivity index (χ3v) is 6.21. The summed E-state index contributed by atoms with van der Waals surface area (Å²) in [5, 5.41) is 13.1. The summed E-state index contributed by atoms with van der Waals surface area (Å²) in [5.41, 5.74) is 2.29. The van der Waals surface area contributed by atoms with Gasteiger partial charge in [0.1, 0.15) is 5.69 Å². The van der Waals surface area contributed by atoms with E-state index in [9.17, 15) is 9.59 Å². The molecule has 28 heavy (non-hydrogen) atoms. The smallest absolute Gasteiger partial charge is 0.271 e. The van der Waals surface area contributed by atoms with E-state index in [-0.39, 0.29) is 23.9 Å². The van der Waals surface area contributed by atoms with Crippen LogP contribution in [0.5, 0.6) is 0 Å². The molecule has 9 heteroatoms. The number of rotatable bonds is 7. The van der Waals surface area contributed by atoms with E-state index in [0.29, 0.717) is 25.2 Å². The molecule has 0 unspecified atom stereocenters. The van der Waals surface area contributed by atoms with Crippen molar-refractivity contribution in [3.63, 3.8) is 0 Å². The number of carbonyl (C=O) groups is 2. The minimum Gasteiger partial charge on any atom is -0.350 e. The zero-order valence-electron chi connectivity index (χ0n) is 16.9. The highest BCUT2D eigenvalue weighted by atomic mass is 32.1. The highest BCUT2D eigenvalue weighted by Gasteiger charge is 2.32. The van der Waals surface area contributed by atoms with Crippen molar-refractivity contribution in [3.8, 4) is 0 Å². The van der Waals surface area contributed by atoms with Crippen molar-refractivity contribution in [2.75, 3.05) is 13.6 Å². The van der Waals surface area contributed by atoms with Gasteiger partial charge in [0, 0.05) is 43.2 Å². The fraction of sp³-hybridized carbons (Fsp3) is 0.579. The van der Waals surface area contributed by atoms with Gasteiger partial charge < -0.3 is 10.6 Å². The van der Waals surface area contributed by atoms with E-state index in [1.54, 1.807) is 22.1 Å². The molecule has 0 saturated carbocycles. The normalized spacial score (nSPS) is 19.7. The van der Waals surface area contributed by atoms with Crippen LogP contribution in [0, 0.1) is 13.8 Å². The van der Waals surface area contributed by atoms with Gasteiger partial charge in [-0.15, -0.1) is 11.3 Å². The Morgan fingerprint density at radius 2 is 1.96 bits per heavy atom. The molecule has 0 spiro atoms. The molecule has 0 aliphatic carbocycles. The van der Waals surface area contributed by atoms with E-state index in [4.69, 9.17) is 0 Å². The van der Waals surface area contributed by atoms with Gasteiger partial charge >= 0.3 is 0 Å². The molecule has 2 aromatic heterocycles. The molecule has 1 aliphatic heterocycles. The van der Waals surface area contributed by atoms with Crippen LogP contribution in [0.15, 0.2) is 11.4 Å². The van der Waals surface area contributed by atoms with Gasteiger partial charge in [-0.25, -0.2) is 4.98 Å². The minimum atomic E-state index is -0.156. The largest absolute Gasteiger partial charge is 0.350 e. The Kier molecular flexibility index (Phi) is 6.46. The second-order valence-corrected chi connectivity index (χ2v) is 8.46. The van der Waals surface area contributed by atoms with Crippen molar-refractivity contribution in [2.45, 2.75) is 51.7 Å². The SMILES string of the molecule is Cc1nc(CNC(=O)C[C@H]2CC[C@@H](CNC(=O)c3cc(C)n(C)n3)N2C)cs1. The molecule has 3 heterocycles. The molecule has 8 nitrogen and oxygen atoms in total. The number of hydrogen-bond donors (Lipinski definition) is 2. The first kappa shape index (κ1) is 20.5. The second kappa shape index (κ2) is 8.83. The van der Waals surface area contributed by atoms with Crippen LogP contribution < -0.4 is 10.6 Å². The van der Waals surface area contributed by atoms with Crippen molar-refractivity contribution in [1.82, 2.24) is 30.3 Å². The average molecular weight is 405 g/mol. The molecule has 1 saturated heterocycles. The van der Waals surface area contributed by atoms with Crippen molar-refractivity contribution < 1.29 is 9.59 Å². The molecular formula is C19H28N6O2S. The van der Waals surface area contributed by atoms with Crippen molar-refractivity contribution in [1.29, 1.82) is 0 Å². The van der Waals surface area contributed by atoms with Gasteiger partial charge in [0.15, 0.2) is 0 Å². The van der Waals surface area contributed by atoms with Crippen LogP contribution >= 0.6 is 11.3 Å². The lowest BCUT2D eigenvalue weighted by atomic mass is 10.1. The molecule has 3 rings (SSSR count). The number of aryl methyl sites for hydroxylation is 3. The monoisotopic (exact) mass is 404 g/mol. The average Bonchev–Trinajstić information content (AvgIpc) is 3.32. The topological polar surface area (TPSA) is 92.2 Å². The van der Waals surface area contributed by atoms with Crippen molar-refractivity contribution in [3.05, 3.63) is 33.5 Å². The van der Waals surface area contributed by atoms with Crippen molar-refractivity contribution in [2.24, 2.45) is 7.05 Å². The van der Waals surface area contributed by atoms with Crippen molar-refractivity contribution >= 4 is 23.2 Å². The first-order chi connectivity index (χ1) is 13.3. The van der Waals surface area contributed by atoms with Gasteiger partial charge in [-0.2, -0.15) is 5.10 Å². The Bertz CT molecular complexity index is 826. The summed E-state index contributed by atoms with van der Waals surface area (Å²) in [7, 11) is 3.85. The Hall–Kier alpha value is -2.26. The summed E-state index contributed by atoms with van der Waals surface area (Å²) in [4.78, 5) is 31.1. The summed E-state index contributed by atoms with van der Waals surface area (Å²) < 4.78 is 1.69. The summed E-state index contributed by atoms with van der Waals surface area (Å²) in [6.45, 7) is 4.90. The first-order valence-corrected chi connectivity index (χ1v) is 10.4. The highest BCUT2D eigenvalue weighted by Crippen LogP contribution is 2.24. The van der Waals surface area contributed by atoms with E-state index < -0.39 is 0 Å². The number of nitrogens with zero attached hydrogens (tertiary/aromatic N) is 4. The number of hydrogen-bond acceptors (Lipinski definition) is 6. The van der Waals surface area contributed by atoms with E-state index in [1.807, 2.05) is 33.3 Å². The Morgan fingerprint density at radius 1 is 1.21 bits per heavy atom. The van der Waals surface area contributed by atoms with Crippen LogP contribution in [0.25, 0.3) is 0 Å². The Morgan fingerprint density at radius 3 is 2.61 bits per heavy atom. The minimum absolute atomic E-state index is 0.0381. The van der Waals surface area contributed by atoms with Crippen LogP contribution in [0.2, 0.25) is 0 Å². The maximum atomic E-state index is 12.3. The molecule has 0 radical (unpaired) electrons. The lowest BCUT2D eigenvalue weighted by Gasteiger charge is -2.25. The molecule has 1 fully saturated rings. The molecule has 2 amide bonds. The Balaban J connectivity index is 1.42. The molecule has 2 aromatic rings.